The third-order valence-electron chi connectivity index (χ3n) is 2.17. The first-order valence-electron chi connectivity index (χ1n) is 4.50. The predicted molar refractivity (Wildman–Crippen MR) is 57.7 cm³/mol. The van der Waals surface area contributed by atoms with E-state index in [4.69, 9.17) is 11.6 Å². The molecule has 4 heteroatoms. The van der Waals surface area contributed by atoms with E-state index in [1.165, 1.54) is 5.56 Å². The highest BCUT2D eigenvalue weighted by molar-refractivity contribution is 6.30. The van der Waals surface area contributed by atoms with Gasteiger partial charge in [-0.15, -0.1) is 0 Å². The summed E-state index contributed by atoms with van der Waals surface area (Å²) in [6.07, 6.45) is 1.95. The van der Waals surface area contributed by atoms with Gasteiger partial charge in [-0.1, -0.05) is 11.6 Å². The summed E-state index contributed by atoms with van der Waals surface area (Å²) in [6, 6.07) is 4.08. The highest BCUT2D eigenvalue weighted by Crippen LogP contribution is 2.17. The van der Waals surface area contributed by atoms with Crippen LogP contribution in [-0.2, 0) is 6.54 Å². The van der Waals surface area contributed by atoms with Gasteiger partial charge in [0.1, 0.15) is 10.8 Å². The molecule has 0 saturated heterocycles. The Hall–Kier alpha value is -1.06. The molecule has 0 aliphatic heterocycles. The number of aryl methyl sites for hydroxylation is 1. The van der Waals surface area contributed by atoms with Crippen LogP contribution in [0, 0.1) is 6.92 Å². The van der Waals surface area contributed by atoms with Gasteiger partial charge >= 0.3 is 0 Å². The second-order valence-corrected chi connectivity index (χ2v) is 3.64. The maximum absolute atomic E-state index is 6.06. The van der Waals surface area contributed by atoms with E-state index in [0.717, 1.165) is 17.9 Å². The van der Waals surface area contributed by atoms with Crippen LogP contribution in [0.5, 0.6) is 0 Å². The van der Waals surface area contributed by atoms with E-state index in [-0.39, 0.29) is 0 Å². The molecule has 0 atom stereocenters. The summed E-state index contributed by atoms with van der Waals surface area (Å²) in [7, 11) is 1.92. The monoisotopic (exact) mass is 209 g/mol. The smallest absolute Gasteiger partial charge is 0.138 e. The van der Waals surface area contributed by atoms with Gasteiger partial charge in [-0.25, -0.2) is 4.98 Å². The van der Waals surface area contributed by atoms with Gasteiger partial charge in [-0.2, -0.15) is 0 Å². The van der Waals surface area contributed by atoms with Crippen LogP contribution in [0.4, 0.5) is 0 Å². The minimum absolute atomic E-state index is 0.691. The molecule has 0 bridgehead atoms. The van der Waals surface area contributed by atoms with Crippen LogP contribution in [0.25, 0.3) is 5.65 Å². The third kappa shape index (κ3) is 1.49. The lowest BCUT2D eigenvalue weighted by atomic mass is 10.2. The molecule has 2 aromatic heterocycles. The van der Waals surface area contributed by atoms with Crippen LogP contribution >= 0.6 is 11.6 Å². The molecule has 0 aliphatic rings. The van der Waals surface area contributed by atoms with Gasteiger partial charge in [0.25, 0.3) is 0 Å². The fourth-order valence-electron chi connectivity index (χ4n) is 1.49. The molecular formula is C10H12ClN3. The standard InChI is InChI=1S/C10H12ClN3/c1-7-10(11)14-4-3-8(6-12-2)5-9(14)13-7/h3-5,12H,6H2,1-2H3. The molecule has 2 aromatic rings. The Morgan fingerprint density at radius 3 is 3.07 bits per heavy atom. The number of nitrogens with one attached hydrogen (secondary N) is 1. The molecule has 0 aliphatic carbocycles. The normalized spacial score (nSPS) is 11.1. The van der Waals surface area contributed by atoms with Crippen LogP contribution in [0.1, 0.15) is 11.3 Å². The van der Waals surface area contributed by atoms with Crippen molar-refractivity contribution < 1.29 is 0 Å². The summed E-state index contributed by atoms with van der Waals surface area (Å²) < 4.78 is 1.88. The number of aromatic nitrogens is 2. The van der Waals surface area contributed by atoms with Crippen molar-refractivity contribution in [1.82, 2.24) is 14.7 Å². The lowest BCUT2D eigenvalue weighted by molar-refractivity contribution is 0.816. The zero-order valence-electron chi connectivity index (χ0n) is 8.21. The number of hydrogen-bond acceptors (Lipinski definition) is 2. The molecule has 0 amide bonds. The zero-order chi connectivity index (χ0) is 10.1. The minimum Gasteiger partial charge on any atom is -0.316 e. The van der Waals surface area contributed by atoms with E-state index in [2.05, 4.69) is 10.3 Å². The maximum atomic E-state index is 6.06. The van der Waals surface area contributed by atoms with Crippen molar-refractivity contribution in [3.8, 4) is 0 Å². The molecule has 1 N–H and O–H groups in total. The topological polar surface area (TPSA) is 29.3 Å². The average Bonchev–Trinajstić information content (AvgIpc) is 2.43. The van der Waals surface area contributed by atoms with E-state index in [1.807, 2.05) is 36.7 Å². The number of halogens is 1. The van der Waals surface area contributed by atoms with Crippen molar-refractivity contribution in [1.29, 1.82) is 0 Å². The van der Waals surface area contributed by atoms with Gasteiger partial charge in [0, 0.05) is 12.7 Å². The summed E-state index contributed by atoms with van der Waals surface area (Å²) in [5, 5.41) is 3.79. The Kier molecular flexibility index (Phi) is 2.44. The molecule has 2 rings (SSSR count). The van der Waals surface area contributed by atoms with Crippen molar-refractivity contribution in [2.45, 2.75) is 13.5 Å². The zero-order valence-corrected chi connectivity index (χ0v) is 8.97. The second kappa shape index (κ2) is 3.59. The van der Waals surface area contributed by atoms with Gasteiger partial charge in [0.05, 0.1) is 5.69 Å². The molecule has 0 aromatic carbocycles. The fraction of sp³-hybridized carbons (Fsp3) is 0.300. The number of rotatable bonds is 2. The Morgan fingerprint density at radius 1 is 1.57 bits per heavy atom. The van der Waals surface area contributed by atoms with Crippen LogP contribution in [-0.4, -0.2) is 16.4 Å². The molecule has 0 spiro atoms. The first-order valence-corrected chi connectivity index (χ1v) is 4.88. The number of fused-ring (bicyclic) bond motifs is 1. The highest BCUT2D eigenvalue weighted by Gasteiger charge is 2.05. The van der Waals surface area contributed by atoms with Crippen molar-refractivity contribution in [3.05, 3.63) is 34.7 Å². The Bertz CT molecular complexity index is 462. The van der Waals surface area contributed by atoms with E-state index in [0.29, 0.717) is 5.15 Å². The first kappa shape index (κ1) is 9.49. The van der Waals surface area contributed by atoms with Gasteiger partial charge < -0.3 is 5.32 Å². The Labute approximate surface area is 87.7 Å². The molecule has 14 heavy (non-hydrogen) atoms. The quantitative estimate of drug-likeness (QED) is 0.820. The largest absolute Gasteiger partial charge is 0.316 e. The number of hydrogen-bond donors (Lipinski definition) is 1. The van der Waals surface area contributed by atoms with E-state index in [1.54, 1.807) is 0 Å². The van der Waals surface area contributed by atoms with E-state index in [9.17, 15) is 0 Å². The average molecular weight is 210 g/mol. The molecule has 0 fully saturated rings. The second-order valence-electron chi connectivity index (χ2n) is 3.28. The van der Waals surface area contributed by atoms with Crippen LogP contribution in [0.3, 0.4) is 0 Å². The molecule has 2 heterocycles. The Balaban J connectivity index is 2.56. The lowest BCUT2D eigenvalue weighted by Gasteiger charge is -2.00. The number of nitrogens with zero attached hydrogens (tertiary/aromatic N) is 2. The summed E-state index contributed by atoms with van der Waals surface area (Å²) >= 11 is 6.06. The summed E-state index contributed by atoms with van der Waals surface area (Å²) in [5.41, 5.74) is 2.98. The number of imidazole rings is 1. The molecule has 0 saturated carbocycles. The van der Waals surface area contributed by atoms with Crippen molar-refractivity contribution in [2.24, 2.45) is 0 Å². The molecule has 0 unspecified atom stereocenters. The fourth-order valence-corrected chi connectivity index (χ4v) is 1.67. The lowest BCUT2D eigenvalue weighted by Crippen LogP contribution is -2.05. The van der Waals surface area contributed by atoms with Gasteiger partial charge in [-0.3, -0.25) is 4.40 Å². The molecule has 0 radical (unpaired) electrons. The van der Waals surface area contributed by atoms with E-state index >= 15 is 0 Å². The molecular weight excluding hydrogens is 198 g/mol. The highest BCUT2D eigenvalue weighted by atomic mass is 35.5. The Morgan fingerprint density at radius 2 is 2.36 bits per heavy atom. The van der Waals surface area contributed by atoms with Crippen molar-refractivity contribution >= 4 is 17.2 Å². The molecule has 3 nitrogen and oxygen atoms in total. The van der Waals surface area contributed by atoms with Crippen LogP contribution < -0.4 is 5.32 Å². The minimum atomic E-state index is 0.691. The third-order valence-corrected chi connectivity index (χ3v) is 2.63. The van der Waals surface area contributed by atoms with Crippen molar-refractivity contribution in [2.75, 3.05) is 7.05 Å². The van der Waals surface area contributed by atoms with Gasteiger partial charge in [0.2, 0.25) is 0 Å². The van der Waals surface area contributed by atoms with Crippen LogP contribution in [0.2, 0.25) is 5.15 Å². The molecule has 74 valence electrons. The predicted octanol–water partition coefficient (Wildman–Crippen LogP) is 2.02. The van der Waals surface area contributed by atoms with Gasteiger partial charge in [-0.05, 0) is 31.7 Å². The first-order chi connectivity index (χ1) is 6.72. The van der Waals surface area contributed by atoms with Crippen molar-refractivity contribution in [3.63, 3.8) is 0 Å². The maximum Gasteiger partial charge on any atom is 0.138 e. The number of pyridine rings is 1. The summed E-state index contributed by atoms with van der Waals surface area (Å²) in [4.78, 5) is 4.36. The van der Waals surface area contributed by atoms with Gasteiger partial charge in [0.15, 0.2) is 0 Å². The van der Waals surface area contributed by atoms with E-state index < -0.39 is 0 Å². The summed E-state index contributed by atoms with van der Waals surface area (Å²) in [6.45, 7) is 2.76. The van der Waals surface area contributed by atoms with Crippen LogP contribution in [0.15, 0.2) is 18.3 Å². The SMILES string of the molecule is CNCc1ccn2c(Cl)c(C)nc2c1. The summed E-state index contributed by atoms with van der Waals surface area (Å²) in [5.74, 6) is 0.